The Kier molecular flexibility index (Phi) is 5.98. The van der Waals surface area contributed by atoms with E-state index in [1.807, 2.05) is 0 Å². The van der Waals surface area contributed by atoms with Gasteiger partial charge in [0.15, 0.2) is 17.3 Å². The molecule has 0 atom stereocenters. The molecule has 4 rings (SSSR count). The van der Waals surface area contributed by atoms with Gasteiger partial charge in [-0.2, -0.15) is 0 Å². The van der Waals surface area contributed by atoms with Crippen molar-refractivity contribution in [3.63, 3.8) is 0 Å². The fraction of sp³-hybridized carbons (Fsp3) is 0.450. The lowest BCUT2D eigenvalue weighted by molar-refractivity contribution is 0.0374. The molecule has 1 N–H and O–H groups in total. The molecular weight excluding hydrogens is 364 g/mol. The molecule has 2 aromatic rings. The van der Waals surface area contributed by atoms with Gasteiger partial charge in [-0.1, -0.05) is 0 Å². The van der Waals surface area contributed by atoms with Gasteiger partial charge in [0, 0.05) is 25.7 Å². The topological polar surface area (TPSA) is 82.4 Å². The molecule has 0 bridgehead atoms. The smallest absolute Gasteiger partial charge is 0.286 e. The van der Waals surface area contributed by atoms with E-state index in [9.17, 15) is 4.79 Å². The summed E-state index contributed by atoms with van der Waals surface area (Å²) in [7, 11) is 0. The van der Waals surface area contributed by atoms with E-state index in [1.165, 1.54) is 0 Å². The number of ether oxygens (including phenoxy) is 4. The fourth-order valence-corrected chi connectivity index (χ4v) is 3.12. The predicted octanol–water partition coefficient (Wildman–Crippen LogP) is 2.04. The number of nitrogens with zero attached hydrogens (tertiary/aromatic N) is 1. The van der Waals surface area contributed by atoms with Crippen molar-refractivity contribution in [2.45, 2.75) is 13.0 Å². The molecule has 1 fully saturated rings. The van der Waals surface area contributed by atoms with Gasteiger partial charge in [0.2, 0.25) is 6.79 Å². The first-order valence-corrected chi connectivity index (χ1v) is 9.47. The molecule has 150 valence electrons. The monoisotopic (exact) mass is 388 g/mol. The number of rotatable bonds is 8. The summed E-state index contributed by atoms with van der Waals surface area (Å²) in [6.45, 7) is 5.51. The highest BCUT2D eigenvalue weighted by atomic mass is 16.7. The van der Waals surface area contributed by atoms with E-state index in [1.54, 1.807) is 30.3 Å². The maximum Gasteiger partial charge on any atom is 0.286 e. The molecule has 8 heteroatoms. The molecule has 28 heavy (non-hydrogen) atoms. The first kappa shape index (κ1) is 18.6. The van der Waals surface area contributed by atoms with Crippen LogP contribution in [0.1, 0.15) is 22.7 Å². The summed E-state index contributed by atoms with van der Waals surface area (Å²) >= 11 is 0. The van der Waals surface area contributed by atoms with Crippen LogP contribution in [0.3, 0.4) is 0 Å². The fourth-order valence-electron chi connectivity index (χ4n) is 3.12. The Morgan fingerprint density at radius 2 is 1.96 bits per heavy atom. The van der Waals surface area contributed by atoms with Crippen molar-refractivity contribution in [3.8, 4) is 17.2 Å². The lowest BCUT2D eigenvalue weighted by Gasteiger charge is -2.26. The lowest BCUT2D eigenvalue weighted by atomic mass is 10.3. The molecule has 1 saturated heterocycles. The number of carbonyl (C=O) groups is 1. The highest BCUT2D eigenvalue weighted by Gasteiger charge is 2.15. The largest absolute Gasteiger partial charge is 0.486 e. The van der Waals surface area contributed by atoms with Crippen LogP contribution >= 0.6 is 0 Å². The summed E-state index contributed by atoms with van der Waals surface area (Å²) in [5.41, 5.74) is 0. The third-order valence-electron chi connectivity index (χ3n) is 4.65. The zero-order chi connectivity index (χ0) is 19.2. The third-order valence-corrected chi connectivity index (χ3v) is 4.65. The molecule has 0 unspecified atom stereocenters. The number of hydrogen-bond acceptors (Lipinski definition) is 7. The normalized spacial score (nSPS) is 16.1. The Bertz CT molecular complexity index is 800. The standard InChI is InChI=1S/C20H24N2O6/c23-20(21-6-1-7-22-8-10-24-11-9-22)18-5-3-16(28-18)13-25-15-2-4-17-19(12-15)27-14-26-17/h2-5,12H,1,6-11,13-14H2,(H,21,23). The second-order valence-electron chi connectivity index (χ2n) is 6.63. The van der Waals surface area contributed by atoms with Crippen LogP contribution in [0.25, 0.3) is 0 Å². The molecule has 3 heterocycles. The van der Waals surface area contributed by atoms with Gasteiger partial charge >= 0.3 is 0 Å². The van der Waals surface area contributed by atoms with E-state index in [2.05, 4.69) is 10.2 Å². The first-order valence-electron chi connectivity index (χ1n) is 9.47. The van der Waals surface area contributed by atoms with E-state index in [0.717, 1.165) is 39.3 Å². The minimum atomic E-state index is -0.212. The molecule has 1 amide bonds. The van der Waals surface area contributed by atoms with E-state index in [-0.39, 0.29) is 25.1 Å². The minimum absolute atomic E-state index is 0.212. The summed E-state index contributed by atoms with van der Waals surface area (Å²) < 4.78 is 27.2. The average Bonchev–Trinajstić information content (AvgIpc) is 3.39. The van der Waals surface area contributed by atoms with Gasteiger partial charge in [-0.15, -0.1) is 0 Å². The highest BCUT2D eigenvalue weighted by molar-refractivity contribution is 5.91. The molecule has 1 aromatic heterocycles. The van der Waals surface area contributed by atoms with Crippen LogP contribution in [0, 0.1) is 0 Å². The summed E-state index contributed by atoms with van der Waals surface area (Å²) in [5, 5.41) is 2.89. The molecule has 0 saturated carbocycles. The van der Waals surface area contributed by atoms with E-state index in [0.29, 0.717) is 29.6 Å². The van der Waals surface area contributed by atoms with Crippen molar-refractivity contribution < 1.29 is 28.2 Å². The number of benzene rings is 1. The zero-order valence-electron chi connectivity index (χ0n) is 15.6. The van der Waals surface area contributed by atoms with Crippen LogP contribution in [-0.4, -0.2) is 57.0 Å². The molecule has 2 aliphatic rings. The molecular formula is C20H24N2O6. The Hall–Kier alpha value is -2.71. The Labute approximate surface area is 163 Å². The van der Waals surface area contributed by atoms with Crippen LogP contribution < -0.4 is 19.5 Å². The van der Waals surface area contributed by atoms with Gasteiger partial charge in [-0.05, 0) is 37.2 Å². The molecule has 8 nitrogen and oxygen atoms in total. The first-order chi connectivity index (χ1) is 13.8. The number of amides is 1. The van der Waals surface area contributed by atoms with Crippen molar-refractivity contribution in [2.75, 3.05) is 46.2 Å². The minimum Gasteiger partial charge on any atom is -0.486 e. The second kappa shape index (κ2) is 8.99. The van der Waals surface area contributed by atoms with Crippen LogP contribution in [0.2, 0.25) is 0 Å². The van der Waals surface area contributed by atoms with Crippen LogP contribution in [0.15, 0.2) is 34.7 Å². The molecule has 0 spiro atoms. The van der Waals surface area contributed by atoms with Gasteiger partial charge in [-0.25, -0.2) is 0 Å². The van der Waals surface area contributed by atoms with Crippen molar-refractivity contribution >= 4 is 5.91 Å². The Balaban J connectivity index is 1.19. The number of hydrogen-bond donors (Lipinski definition) is 1. The summed E-state index contributed by atoms with van der Waals surface area (Å²) in [4.78, 5) is 14.5. The van der Waals surface area contributed by atoms with E-state index < -0.39 is 0 Å². The average molecular weight is 388 g/mol. The number of furan rings is 1. The molecule has 1 aromatic carbocycles. The van der Waals surface area contributed by atoms with Gasteiger partial charge < -0.3 is 28.7 Å². The third kappa shape index (κ3) is 4.76. The highest BCUT2D eigenvalue weighted by Crippen LogP contribution is 2.35. The Morgan fingerprint density at radius 3 is 2.86 bits per heavy atom. The van der Waals surface area contributed by atoms with Crippen molar-refractivity contribution in [2.24, 2.45) is 0 Å². The second-order valence-corrected chi connectivity index (χ2v) is 6.63. The van der Waals surface area contributed by atoms with Gasteiger partial charge in [0.05, 0.1) is 13.2 Å². The van der Waals surface area contributed by atoms with E-state index >= 15 is 0 Å². The summed E-state index contributed by atoms with van der Waals surface area (Å²) in [6.07, 6.45) is 0.895. The maximum absolute atomic E-state index is 12.2. The number of morpholine rings is 1. The zero-order valence-corrected chi connectivity index (χ0v) is 15.6. The van der Waals surface area contributed by atoms with Crippen LogP contribution in [-0.2, 0) is 11.3 Å². The van der Waals surface area contributed by atoms with Gasteiger partial charge in [-0.3, -0.25) is 9.69 Å². The van der Waals surface area contributed by atoms with Gasteiger partial charge in [0.1, 0.15) is 18.1 Å². The SMILES string of the molecule is O=C(NCCCN1CCOCC1)c1ccc(COc2ccc3c(c2)OCO3)o1. The molecule has 2 aliphatic heterocycles. The predicted molar refractivity (Wildman–Crippen MR) is 99.8 cm³/mol. The van der Waals surface area contributed by atoms with Crippen LogP contribution in [0.5, 0.6) is 17.2 Å². The number of carbonyl (C=O) groups excluding carboxylic acids is 1. The maximum atomic E-state index is 12.2. The van der Waals surface area contributed by atoms with Crippen molar-refractivity contribution in [1.82, 2.24) is 10.2 Å². The van der Waals surface area contributed by atoms with Gasteiger partial charge in [0.25, 0.3) is 5.91 Å². The molecule has 0 aliphatic carbocycles. The lowest BCUT2D eigenvalue weighted by Crippen LogP contribution is -2.38. The van der Waals surface area contributed by atoms with Crippen molar-refractivity contribution in [1.29, 1.82) is 0 Å². The number of fused-ring (bicyclic) bond motifs is 1. The number of nitrogens with one attached hydrogen (secondary N) is 1. The Morgan fingerprint density at radius 1 is 1.11 bits per heavy atom. The molecule has 0 radical (unpaired) electrons. The summed E-state index contributed by atoms with van der Waals surface area (Å²) in [6, 6.07) is 8.78. The summed E-state index contributed by atoms with van der Waals surface area (Å²) in [5.74, 6) is 2.67. The van der Waals surface area contributed by atoms with Crippen molar-refractivity contribution in [3.05, 3.63) is 41.9 Å². The van der Waals surface area contributed by atoms with E-state index in [4.69, 9.17) is 23.4 Å². The van der Waals surface area contributed by atoms with Crippen LogP contribution in [0.4, 0.5) is 0 Å². The quantitative estimate of drug-likeness (QED) is 0.693.